The second kappa shape index (κ2) is 8.12. The molecule has 2 aromatic heterocycles. The minimum absolute atomic E-state index is 0.0968. The Morgan fingerprint density at radius 1 is 1.16 bits per heavy atom. The molecule has 6 nitrogen and oxygen atoms in total. The number of carbonyl (C=O) groups is 1. The van der Waals surface area contributed by atoms with E-state index in [-0.39, 0.29) is 12.5 Å². The van der Waals surface area contributed by atoms with E-state index in [9.17, 15) is 4.79 Å². The summed E-state index contributed by atoms with van der Waals surface area (Å²) in [6.45, 7) is 2.10. The largest absolute Gasteiger partial charge is 0.452 e. The zero-order valence-corrected chi connectivity index (χ0v) is 17.7. The van der Waals surface area contributed by atoms with E-state index in [1.54, 1.807) is 24.3 Å². The number of nitrogens with zero attached hydrogens (tertiary/aromatic N) is 3. The Hall–Kier alpha value is -3.25. The lowest BCUT2D eigenvalue weighted by Gasteiger charge is -2.24. The minimum atomic E-state index is -0.393. The lowest BCUT2D eigenvalue weighted by atomic mass is 9.84. The lowest BCUT2D eigenvalue weighted by molar-refractivity contribution is 0.0439. The lowest BCUT2D eigenvalue weighted by Crippen LogP contribution is -2.19. The summed E-state index contributed by atoms with van der Waals surface area (Å²) in [6.07, 6.45) is 2.76. The first kappa shape index (κ1) is 19.7. The fourth-order valence-corrected chi connectivity index (χ4v) is 4.14. The summed E-state index contributed by atoms with van der Waals surface area (Å²) in [6, 6.07) is 14.8. The van der Waals surface area contributed by atoms with Crippen LogP contribution in [-0.2, 0) is 24.2 Å². The van der Waals surface area contributed by atoms with Crippen LogP contribution in [0.25, 0.3) is 22.4 Å². The molecule has 0 bridgehead atoms. The van der Waals surface area contributed by atoms with Crippen LogP contribution in [-0.4, -0.2) is 21.2 Å². The van der Waals surface area contributed by atoms with Gasteiger partial charge in [0, 0.05) is 21.7 Å². The molecule has 0 amide bonds. The van der Waals surface area contributed by atoms with Crippen molar-refractivity contribution < 1.29 is 13.9 Å². The molecule has 0 fully saturated rings. The number of hydrogen-bond acceptors (Lipinski definition) is 6. The molecule has 7 heteroatoms. The second-order valence-electron chi connectivity index (χ2n) is 7.86. The van der Waals surface area contributed by atoms with E-state index in [4.69, 9.17) is 25.7 Å². The smallest absolute Gasteiger partial charge is 0.339 e. The van der Waals surface area contributed by atoms with Crippen molar-refractivity contribution >= 4 is 28.5 Å². The summed E-state index contributed by atoms with van der Waals surface area (Å²) in [4.78, 5) is 18.0. The molecule has 0 radical (unpaired) electrons. The third-order valence-corrected chi connectivity index (χ3v) is 5.85. The SMILES string of the molecule is C[C@@H]1CCc2nc3ccccc3c(C(=O)OCc3nnc(-c4ccc(Cl)cc4)o3)c2C1. The van der Waals surface area contributed by atoms with Gasteiger partial charge in [-0.1, -0.05) is 36.7 Å². The van der Waals surface area contributed by atoms with E-state index in [0.29, 0.717) is 22.4 Å². The number of ether oxygens (including phenoxy) is 1. The molecular weight excluding hydrogens is 414 g/mol. The molecule has 1 aliphatic rings. The zero-order chi connectivity index (χ0) is 21.4. The Morgan fingerprint density at radius 2 is 1.97 bits per heavy atom. The van der Waals surface area contributed by atoms with Crippen LogP contribution < -0.4 is 0 Å². The minimum Gasteiger partial charge on any atom is -0.452 e. The monoisotopic (exact) mass is 433 g/mol. The van der Waals surface area contributed by atoms with Crippen molar-refractivity contribution in [3.63, 3.8) is 0 Å². The summed E-state index contributed by atoms with van der Waals surface area (Å²) in [5.74, 6) is 0.692. The molecule has 0 spiro atoms. The van der Waals surface area contributed by atoms with E-state index in [0.717, 1.165) is 47.0 Å². The zero-order valence-electron chi connectivity index (χ0n) is 17.0. The molecule has 31 heavy (non-hydrogen) atoms. The number of para-hydroxylation sites is 1. The maximum Gasteiger partial charge on any atom is 0.339 e. The molecule has 5 rings (SSSR count). The van der Waals surface area contributed by atoms with E-state index in [1.807, 2.05) is 24.3 Å². The molecule has 1 aliphatic carbocycles. The van der Waals surface area contributed by atoms with Gasteiger partial charge in [0.2, 0.25) is 5.89 Å². The molecule has 1 atom stereocenters. The summed E-state index contributed by atoms with van der Waals surface area (Å²) < 4.78 is 11.3. The van der Waals surface area contributed by atoms with Gasteiger partial charge >= 0.3 is 5.97 Å². The maximum absolute atomic E-state index is 13.2. The van der Waals surface area contributed by atoms with Crippen LogP contribution in [0.4, 0.5) is 0 Å². The quantitative estimate of drug-likeness (QED) is 0.400. The summed E-state index contributed by atoms with van der Waals surface area (Å²) in [5, 5.41) is 9.48. The van der Waals surface area contributed by atoms with Crippen LogP contribution in [0.5, 0.6) is 0 Å². The van der Waals surface area contributed by atoms with E-state index < -0.39 is 5.97 Å². The average Bonchev–Trinajstić information content (AvgIpc) is 3.25. The highest BCUT2D eigenvalue weighted by Crippen LogP contribution is 2.32. The Kier molecular flexibility index (Phi) is 5.16. The Bertz CT molecular complexity index is 1270. The van der Waals surface area contributed by atoms with Gasteiger partial charge in [-0.05, 0) is 61.1 Å². The van der Waals surface area contributed by atoms with Crippen molar-refractivity contribution in [2.24, 2.45) is 5.92 Å². The summed E-state index contributed by atoms with van der Waals surface area (Å²) in [7, 11) is 0. The van der Waals surface area contributed by atoms with Gasteiger partial charge in [0.05, 0.1) is 11.1 Å². The van der Waals surface area contributed by atoms with Crippen LogP contribution in [0.15, 0.2) is 52.9 Å². The first-order valence-corrected chi connectivity index (χ1v) is 10.6. The van der Waals surface area contributed by atoms with Crippen molar-refractivity contribution in [3.05, 3.63) is 76.3 Å². The molecule has 0 saturated heterocycles. The number of pyridine rings is 1. The van der Waals surface area contributed by atoms with Crippen LogP contribution >= 0.6 is 11.6 Å². The van der Waals surface area contributed by atoms with Crippen molar-refractivity contribution in [1.29, 1.82) is 0 Å². The van der Waals surface area contributed by atoms with Gasteiger partial charge in [0.1, 0.15) is 0 Å². The van der Waals surface area contributed by atoms with Crippen LogP contribution in [0, 0.1) is 5.92 Å². The third kappa shape index (κ3) is 3.91. The molecule has 4 aromatic rings. The number of rotatable bonds is 4. The molecule has 156 valence electrons. The van der Waals surface area contributed by atoms with Crippen molar-refractivity contribution in [2.75, 3.05) is 0 Å². The highest BCUT2D eigenvalue weighted by molar-refractivity contribution is 6.30. The normalized spacial score (nSPS) is 15.6. The second-order valence-corrected chi connectivity index (χ2v) is 8.30. The Morgan fingerprint density at radius 3 is 2.81 bits per heavy atom. The van der Waals surface area contributed by atoms with E-state index >= 15 is 0 Å². The van der Waals surface area contributed by atoms with Crippen LogP contribution in [0.1, 0.15) is 40.9 Å². The summed E-state index contributed by atoms with van der Waals surface area (Å²) >= 11 is 5.92. The number of aryl methyl sites for hydroxylation is 1. The van der Waals surface area contributed by atoms with Gasteiger partial charge < -0.3 is 9.15 Å². The van der Waals surface area contributed by atoms with Crippen LogP contribution in [0.2, 0.25) is 5.02 Å². The number of benzene rings is 2. The fourth-order valence-electron chi connectivity index (χ4n) is 4.02. The van der Waals surface area contributed by atoms with Crippen LogP contribution in [0.3, 0.4) is 0 Å². The maximum atomic E-state index is 13.2. The van der Waals surface area contributed by atoms with Gasteiger partial charge in [-0.2, -0.15) is 0 Å². The van der Waals surface area contributed by atoms with Gasteiger partial charge in [-0.15, -0.1) is 10.2 Å². The standard InChI is InChI=1S/C24H20ClN3O3/c1-14-6-11-20-18(12-14)22(17-4-2-3-5-19(17)26-20)24(29)30-13-21-27-28-23(31-21)15-7-9-16(25)10-8-15/h2-5,7-10,14H,6,11-13H2,1H3/t14-/m1/s1. The highest BCUT2D eigenvalue weighted by Gasteiger charge is 2.26. The Balaban J connectivity index is 1.41. The molecule has 2 heterocycles. The van der Waals surface area contributed by atoms with E-state index in [1.165, 1.54) is 0 Å². The number of esters is 1. The number of halogens is 1. The molecule has 0 N–H and O–H groups in total. The molecule has 0 saturated carbocycles. The Labute approximate surface area is 184 Å². The van der Waals surface area contributed by atoms with E-state index in [2.05, 4.69) is 17.1 Å². The fraction of sp³-hybridized carbons (Fsp3) is 0.250. The van der Waals surface area contributed by atoms with Gasteiger partial charge in [-0.25, -0.2) is 4.79 Å². The first-order chi connectivity index (χ1) is 15.1. The highest BCUT2D eigenvalue weighted by atomic mass is 35.5. The van der Waals surface area contributed by atoms with Crippen molar-refractivity contribution in [1.82, 2.24) is 15.2 Å². The number of fused-ring (bicyclic) bond motifs is 2. The molecule has 0 unspecified atom stereocenters. The topological polar surface area (TPSA) is 78.1 Å². The third-order valence-electron chi connectivity index (χ3n) is 5.59. The number of aromatic nitrogens is 3. The average molecular weight is 434 g/mol. The first-order valence-electron chi connectivity index (χ1n) is 10.2. The molecule has 0 aliphatic heterocycles. The van der Waals surface area contributed by atoms with Crippen molar-refractivity contribution in [2.45, 2.75) is 32.8 Å². The summed E-state index contributed by atoms with van der Waals surface area (Å²) in [5.41, 5.74) is 4.15. The predicted octanol–water partition coefficient (Wildman–Crippen LogP) is 5.42. The predicted molar refractivity (Wildman–Crippen MR) is 117 cm³/mol. The van der Waals surface area contributed by atoms with Gasteiger partial charge in [0.25, 0.3) is 5.89 Å². The van der Waals surface area contributed by atoms with Gasteiger partial charge in [-0.3, -0.25) is 4.98 Å². The van der Waals surface area contributed by atoms with Gasteiger partial charge in [0.15, 0.2) is 6.61 Å². The van der Waals surface area contributed by atoms with Crippen molar-refractivity contribution in [3.8, 4) is 11.5 Å². The molecular formula is C24H20ClN3O3. The number of hydrogen-bond donors (Lipinski definition) is 0. The molecule has 2 aromatic carbocycles. The number of carbonyl (C=O) groups excluding carboxylic acids is 1.